The van der Waals surface area contributed by atoms with E-state index in [0.29, 0.717) is 27.5 Å². The third kappa shape index (κ3) is 6.23. The van der Waals surface area contributed by atoms with Crippen LogP contribution in [0, 0.1) is 6.92 Å². The standard InChI is InChI=1S/C23H28ClN3O4S/c1-16-14-17(24)12-13-21(16)27(32(2,30)31)15-22(28)26-20-11-7-6-10-19(20)23(29)25-18-8-4-3-5-9-18/h6-7,10-14,18H,3-5,8-9,15H2,1-2H3,(H,25,29)(H,26,28). The topological polar surface area (TPSA) is 95.6 Å². The van der Waals surface area contributed by atoms with Crippen molar-refractivity contribution in [2.24, 2.45) is 0 Å². The lowest BCUT2D eigenvalue weighted by molar-refractivity contribution is -0.114. The van der Waals surface area contributed by atoms with Gasteiger partial charge in [-0.3, -0.25) is 13.9 Å². The molecule has 0 aromatic heterocycles. The van der Waals surface area contributed by atoms with Crippen molar-refractivity contribution in [1.29, 1.82) is 0 Å². The van der Waals surface area contributed by atoms with Gasteiger partial charge in [0.05, 0.1) is 23.2 Å². The molecular formula is C23H28ClN3O4S. The van der Waals surface area contributed by atoms with Crippen LogP contribution in [0.1, 0.15) is 48.0 Å². The Balaban J connectivity index is 1.76. The molecule has 1 aliphatic rings. The maximum Gasteiger partial charge on any atom is 0.253 e. The minimum absolute atomic E-state index is 0.133. The van der Waals surface area contributed by atoms with E-state index in [1.54, 1.807) is 49.4 Å². The van der Waals surface area contributed by atoms with Crippen LogP contribution >= 0.6 is 11.6 Å². The van der Waals surface area contributed by atoms with Gasteiger partial charge in [-0.2, -0.15) is 0 Å². The van der Waals surface area contributed by atoms with Crippen molar-refractivity contribution in [3.8, 4) is 0 Å². The Bertz CT molecular complexity index is 1100. The molecule has 1 aliphatic carbocycles. The molecule has 2 amide bonds. The van der Waals surface area contributed by atoms with Gasteiger partial charge in [-0.1, -0.05) is 43.0 Å². The first-order valence-electron chi connectivity index (χ1n) is 10.6. The summed E-state index contributed by atoms with van der Waals surface area (Å²) >= 11 is 5.98. The van der Waals surface area contributed by atoms with Gasteiger partial charge >= 0.3 is 0 Å². The second-order valence-electron chi connectivity index (χ2n) is 8.10. The minimum atomic E-state index is -3.74. The summed E-state index contributed by atoms with van der Waals surface area (Å²) in [4.78, 5) is 25.6. The van der Waals surface area contributed by atoms with Crippen molar-refractivity contribution in [2.75, 3.05) is 22.4 Å². The Labute approximate surface area is 194 Å². The van der Waals surface area contributed by atoms with Crippen LogP contribution in [0.25, 0.3) is 0 Å². The maximum absolute atomic E-state index is 12.8. The number of benzene rings is 2. The van der Waals surface area contributed by atoms with Crippen LogP contribution in [-0.4, -0.2) is 39.1 Å². The van der Waals surface area contributed by atoms with Crippen LogP contribution in [0.15, 0.2) is 42.5 Å². The van der Waals surface area contributed by atoms with Gasteiger partial charge < -0.3 is 10.6 Å². The molecule has 0 radical (unpaired) electrons. The maximum atomic E-state index is 12.8. The number of sulfonamides is 1. The van der Waals surface area contributed by atoms with Crippen LogP contribution in [0.5, 0.6) is 0 Å². The van der Waals surface area contributed by atoms with Crippen molar-refractivity contribution in [2.45, 2.75) is 45.1 Å². The van der Waals surface area contributed by atoms with E-state index in [4.69, 9.17) is 11.6 Å². The fraction of sp³-hybridized carbons (Fsp3) is 0.391. The highest BCUT2D eigenvalue weighted by atomic mass is 35.5. The number of nitrogens with one attached hydrogen (secondary N) is 2. The molecule has 2 aromatic rings. The number of nitrogens with zero attached hydrogens (tertiary/aromatic N) is 1. The first kappa shape index (κ1) is 24.1. The van der Waals surface area contributed by atoms with E-state index in [1.165, 1.54) is 6.42 Å². The number of hydrogen-bond donors (Lipinski definition) is 2. The first-order valence-corrected chi connectivity index (χ1v) is 12.8. The van der Waals surface area contributed by atoms with Gasteiger partial charge in [0.2, 0.25) is 15.9 Å². The highest BCUT2D eigenvalue weighted by Gasteiger charge is 2.24. The number of halogens is 1. The Hall–Kier alpha value is -2.58. The monoisotopic (exact) mass is 477 g/mol. The molecule has 0 unspecified atom stereocenters. The molecule has 2 N–H and O–H groups in total. The van der Waals surface area contributed by atoms with Gasteiger partial charge in [0.1, 0.15) is 6.54 Å². The highest BCUT2D eigenvalue weighted by Crippen LogP contribution is 2.26. The average Bonchev–Trinajstić information content (AvgIpc) is 2.73. The fourth-order valence-corrected chi connectivity index (χ4v) is 5.04. The largest absolute Gasteiger partial charge is 0.349 e. The van der Waals surface area contributed by atoms with Gasteiger partial charge in [-0.15, -0.1) is 0 Å². The Morgan fingerprint density at radius 3 is 2.44 bits per heavy atom. The number of anilines is 2. The van der Waals surface area contributed by atoms with Crippen LogP contribution in [0.4, 0.5) is 11.4 Å². The molecule has 0 aliphatic heterocycles. The van der Waals surface area contributed by atoms with E-state index < -0.39 is 22.5 Å². The van der Waals surface area contributed by atoms with E-state index in [-0.39, 0.29) is 11.9 Å². The van der Waals surface area contributed by atoms with Gasteiger partial charge in [0.25, 0.3) is 5.91 Å². The van der Waals surface area contributed by atoms with Crippen molar-refractivity contribution in [3.63, 3.8) is 0 Å². The average molecular weight is 478 g/mol. The zero-order valence-electron chi connectivity index (χ0n) is 18.2. The van der Waals surface area contributed by atoms with Crippen LogP contribution in [0.2, 0.25) is 5.02 Å². The predicted molar refractivity (Wildman–Crippen MR) is 128 cm³/mol. The molecule has 172 valence electrons. The molecule has 0 spiro atoms. The van der Waals surface area contributed by atoms with E-state index in [1.807, 2.05) is 0 Å². The Morgan fingerprint density at radius 2 is 1.78 bits per heavy atom. The number of hydrogen-bond acceptors (Lipinski definition) is 4. The third-order valence-corrected chi connectivity index (χ3v) is 6.86. The minimum Gasteiger partial charge on any atom is -0.349 e. The lowest BCUT2D eigenvalue weighted by atomic mass is 9.95. The molecule has 3 rings (SSSR count). The van der Waals surface area contributed by atoms with Crippen molar-refractivity contribution >= 4 is 44.8 Å². The zero-order valence-corrected chi connectivity index (χ0v) is 19.8. The SMILES string of the molecule is Cc1cc(Cl)ccc1N(CC(=O)Nc1ccccc1C(=O)NC1CCCCC1)S(C)(=O)=O. The molecule has 9 heteroatoms. The van der Waals surface area contributed by atoms with E-state index in [0.717, 1.165) is 36.2 Å². The molecule has 1 saturated carbocycles. The van der Waals surface area contributed by atoms with Crippen molar-refractivity contribution < 1.29 is 18.0 Å². The molecule has 0 bridgehead atoms. The fourth-order valence-electron chi connectivity index (χ4n) is 3.90. The van der Waals surface area contributed by atoms with Gasteiger partial charge in [-0.05, 0) is 55.7 Å². The van der Waals surface area contributed by atoms with E-state index in [9.17, 15) is 18.0 Å². The molecule has 0 saturated heterocycles. The van der Waals surface area contributed by atoms with Crippen LogP contribution in [0.3, 0.4) is 0 Å². The summed E-state index contributed by atoms with van der Waals surface area (Å²) in [6.07, 6.45) is 6.31. The van der Waals surface area contributed by atoms with Gasteiger partial charge in [0, 0.05) is 11.1 Å². The molecule has 1 fully saturated rings. The Kier molecular flexibility index (Phi) is 7.79. The lowest BCUT2D eigenvalue weighted by Gasteiger charge is -2.24. The normalized spacial score (nSPS) is 14.6. The number of aryl methyl sites for hydroxylation is 1. The second-order valence-corrected chi connectivity index (χ2v) is 10.4. The summed E-state index contributed by atoms with van der Waals surface area (Å²) in [7, 11) is -3.74. The summed E-state index contributed by atoms with van der Waals surface area (Å²) in [6.45, 7) is 1.29. The summed E-state index contributed by atoms with van der Waals surface area (Å²) in [5.41, 5.74) is 1.69. The van der Waals surface area contributed by atoms with Crippen molar-refractivity contribution in [3.05, 3.63) is 58.6 Å². The summed E-state index contributed by atoms with van der Waals surface area (Å²) < 4.78 is 25.8. The van der Waals surface area contributed by atoms with E-state index >= 15 is 0 Å². The summed E-state index contributed by atoms with van der Waals surface area (Å²) in [6, 6.07) is 11.6. The lowest BCUT2D eigenvalue weighted by Crippen LogP contribution is -2.39. The number of carbonyl (C=O) groups is 2. The molecule has 7 nitrogen and oxygen atoms in total. The quantitative estimate of drug-likeness (QED) is 0.627. The van der Waals surface area contributed by atoms with Gasteiger partial charge in [-0.25, -0.2) is 8.42 Å². The summed E-state index contributed by atoms with van der Waals surface area (Å²) in [5.74, 6) is -0.802. The number of carbonyl (C=O) groups excluding carboxylic acids is 2. The molecule has 0 heterocycles. The number of rotatable bonds is 7. The second kappa shape index (κ2) is 10.4. The van der Waals surface area contributed by atoms with Crippen molar-refractivity contribution in [1.82, 2.24) is 5.32 Å². The highest BCUT2D eigenvalue weighted by molar-refractivity contribution is 7.92. The number of para-hydroxylation sites is 1. The summed E-state index contributed by atoms with van der Waals surface area (Å²) in [5, 5.41) is 6.22. The third-order valence-electron chi connectivity index (χ3n) is 5.50. The molecular weight excluding hydrogens is 450 g/mol. The number of amides is 2. The zero-order chi connectivity index (χ0) is 23.3. The van der Waals surface area contributed by atoms with Crippen LogP contribution < -0.4 is 14.9 Å². The van der Waals surface area contributed by atoms with Gasteiger partial charge in [0.15, 0.2) is 0 Å². The smallest absolute Gasteiger partial charge is 0.253 e. The molecule has 32 heavy (non-hydrogen) atoms. The molecule has 0 atom stereocenters. The van der Waals surface area contributed by atoms with Crippen LogP contribution in [-0.2, 0) is 14.8 Å². The predicted octanol–water partition coefficient (Wildman–Crippen LogP) is 4.12. The first-order chi connectivity index (χ1) is 15.1. The Morgan fingerprint density at radius 1 is 1.09 bits per heavy atom. The van der Waals surface area contributed by atoms with E-state index in [2.05, 4.69) is 10.6 Å². The molecule has 2 aromatic carbocycles.